The van der Waals surface area contributed by atoms with Crippen LogP contribution in [0.2, 0.25) is 0 Å². The molecule has 0 amide bonds. The van der Waals surface area contributed by atoms with Gasteiger partial charge >= 0.3 is 0 Å². The molecule has 0 radical (unpaired) electrons. The summed E-state index contributed by atoms with van der Waals surface area (Å²) < 4.78 is 44.2. The Morgan fingerprint density at radius 3 is 2.31 bits per heavy atom. The Hall–Kier alpha value is 0.0500. The van der Waals surface area contributed by atoms with E-state index in [1.54, 1.807) is 0 Å². The van der Waals surface area contributed by atoms with Gasteiger partial charge < -0.3 is 9.29 Å². The standard InChI is InChI=1S/C17H34ClFN6O3S/c1-3-28-17-23-15(20-11-6-8-25(9-7-11)29(2,26)27)22-16(24-17)21-12-4-5-14(19)13(18)10-12/h11-17,20-24H,3-10H2,1-2H3. The number of sulfonamides is 1. The molecule has 7 atom stereocenters. The van der Waals surface area contributed by atoms with Crippen LogP contribution < -0.4 is 26.6 Å². The molecule has 0 spiro atoms. The molecule has 0 aromatic carbocycles. The Bertz CT molecular complexity index is 567. The van der Waals surface area contributed by atoms with Gasteiger partial charge in [-0.1, -0.05) is 4.21 Å². The van der Waals surface area contributed by atoms with Crippen LogP contribution >= 0.6 is 11.6 Å². The minimum atomic E-state index is -3.14. The van der Waals surface area contributed by atoms with Crippen molar-refractivity contribution in [3.05, 3.63) is 0 Å². The normalized spacial score (nSPS) is 39.9. The Morgan fingerprint density at radius 2 is 1.76 bits per heavy atom. The van der Waals surface area contributed by atoms with Crippen molar-refractivity contribution in [2.45, 2.75) is 81.6 Å². The van der Waals surface area contributed by atoms with E-state index >= 15 is 0 Å². The molecule has 29 heavy (non-hydrogen) atoms. The molecule has 2 saturated heterocycles. The fourth-order valence-corrected chi connectivity index (χ4v) is 5.34. The molecule has 0 bridgehead atoms. The summed E-state index contributed by atoms with van der Waals surface area (Å²) >= 11 is 6.11. The number of alkyl halides is 2. The van der Waals surface area contributed by atoms with Gasteiger partial charge in [-0.05, 0) is 39.0 Å². The molecule has 3 rings (SSSR count). The minimum absolute atomic E-state index is 0.119. The molecule has 9 nitrogen and oxygen atoms in total. The Kier molecular flexibility index (Phi) is 8.65. The lowest BCUT2D eigenvalue weighted by molar-refractivity contribution is -0.0482. The summed E-state index contributed by atoms with van der Waals surface area (Å²) in [7, 11) is -3.14. The van der Waals surface area contributed by atoms with Gasteiger partial charge in [0.2, 0.25) is 0 Å². The van der Waals surface area contributed by atoms with Gasteiger partial charge in [0.05, 0.1) is 5.38 Å². The van der Waals surface area contributed by atoms with E-state index in [0.29, 0.717) is 32.5 Å². The van der Waals surface area contributed by atoms with Gasteiger partial charge in [0, 0.05) is 31.8 Å². The summed E-state index contributed by atoms with van der Waals surface area (Å²) in [5.41, 5.74) is 0. The smallest absolute Gasteiger partial charge is 0.167 e. The fraction of sp³-hybridized carbons (Fsp3) is 1.00. The summed E-state index contributed by atoms with van der Waals surface area (Å²) in [5, 5.41) is 16.5. The number of rotatable bonds is 7. The third-order valence-electron chi connectivity index (χ3n) is 5.72. The molecule has 3 fully saturated rings. The molecular weight excluding hydrogens is 423 g/mol. The van der Waals surface area contributed by atoms with Crippen molar-refractivity contribution in [2.24, 2.45) is 0 Å². The van der Waals surface area contributed by atoms with Crippen molar-refractivity contribution in [1.82, 2.24) is 30.9 Å². The maximum Gasteiger partial charge on any atom is 0.167 e. The predicted molar refractivity (Wildman–Crippen MR) is 110 cm³/mol. The Morgan fingerprint density at radius 1 is 1.14 bits per heavy atom. The van der Waals surface area contributed by atoms with E-state index in [2.05, 4.69) is 26.6 Å². The number of nitrogens with zero attached hydrogens (tertiary/aromatic N) is 1. The maximum absolute atomic E-state index is 13.6. The van der Waals surface area contributed by atoms with E-state index in [0.717, 1.165) is 19.3 Å². The first kappa shape index (κ1) is 23.7. The van der Waals surface area contributed by atoms with Crippen molar-refractivity contribution in [2.75, 3.05) is 26.0 Å². The number of hydrogen-bond acceptors (Lipinski definition) is 8. The van der Waals surface area contributed by atoms with Gasteiger partial charge in [0.15, 0.2) is 6.35 Å². The zero-order valence-corrected chi connectivity index (χ0v) is 18.6. The number of hydrogen-bond donors (Lipinski definition) is 5. The summed E-state index contributed by atoms with van der Waals surface area (Å²) in [4.78, 5) is 0. The van der Waals surface area contributed by atoms with Crippen molar-refractivity contribution < 1.29 is 17.9 Å². The second-order valence-corrected chi connectivity index (χ2v) is 10.6. The first-order chi connectivity index (χ1) is 13.7. The molecule has 1 saturated carbocycles. The van der Waals surface area contributed by atoms with Crippen molar-refractivity contribution >= 4 is 22.0 Å². The zero-order chi connectivity index (χ0) is 21.0. The highest BCUT2D eigenvalue weighted by Crippen LogP contribution is 2.26. The second-order valence-electron chi connectivity index (χ2n) is 8.01. The van der Waals surface area contributed by atoms with Gasteiger partial charge in [0.25, 0.3) is 0 Å². The molecule has 0 aromatic heterocycles. The van der Waals surface area contributed by atoms with Crippen LogP contribution in [0.4, 0.5) is 4.39 Å². The van der Waals surface area contributed by atoms with Crippen molar-refractivity contribution in [3.8, 4) is 0 Å². The lowest BCUT2D eigenvalue weighted by atomic mass is 9.93. The predicted octanol–water partition coefficient (Wildman–Crippen LogP) is -0.0276. The quantitative estimate of drug-likeness (QED) is 0.268. The topological polar surface area (TPSA) is 113 Å². The minimum Gasteiger partial charge on any atom is -0.598 e. The highest BCUT2D eigenvalue weighted by molar-refractivity contribution is 7.94. The zero-order valence-electron chi connectivity index (χ0n) is 17.0. The largest absolute Gasteiger partial charge is 0.598 e. The summed E-state index contributed by atoms with van der Waals surface area (Å²) in [6, 6.07) is 0.307. The summed E-state index contributed by atoms with van der Waals surface area (Å²) in [5.74, 6) is 0. The van der Waals surface area contributed by atoms with Crippen LogP contribution in [0.3, 0.4) is 0 Å². The van der Waals surface area contributed by atoms with Gasteiger partial charge in [-0.3, -0.25) is 26.6 Å². The highest BCUT2D eigenvalue weighted by atomic mass is 35.5. The van der Waals surface area contributed by atoms with E-state index < -0.39 is 21.9 Å². The lowest BCUT2D eigenvalue weighted by Crippen LogP contribution is -2.76. The maximum atomic E-state index is 13.6. The molecule has 12 heteroatoms. The molecule has 3 aliphatic rings. The van der Waals surface area contributed by atoms with Gasteiger partial charge in [-0.15, -0.1) is 15.9 Å². The number of halogens is 2. The Balaban J connectivity index is 1.51. The molecule has 2 heterocycles. The van der Waals surface area contributed by atoms with Gasteiger partial charge in [-0.25, -0.2) is 4.39 Å². The molecule has 170 valence electrons. The third-order valence-corrected chi connectivity index (χ3v) is 7.48. The van der Waals surface area contributed by atoms with Crippen LogP contribution in [0.15, 0.2) is 0 Å². The Labute approximate surface area is 178 Å². The van der Waals surface area contributed by atoms with Gasteiger partial charge in [0.1, 0.15) is 35.4 Å². The van der Waals surface area contributed by atoms with E-state index in [9.17, 15) is 13.2 Å². The molecule has 5 N–H and O–H groups in total. The third kappa shape index (κ3) is 7.03. The summed E-state index contributed by atoms with van der Waals surface area (Å²) in [6.07, 6.45) is 2.78. The van der Waals surface area contributed by atoms with E-state index in [-0.39, 0.29) is 31.0 Å². The molecule has 2 aliphatic heterocycles. The number of nitrogens with one attached hydrogen (secondary N) is 5. The van der Waals surface area contributed by atoms with Crippen LogP contribution in [-0.2, 0) is 19.3 Å². The first-order valence-electron chi connectivity index (χ1n) is 10.4. The van der Waals surface area contributed by atoms with Crippen molar-refractivity contribution in [1.29, 1.82) is 0 Å². The average molecular weight is 457 g/mol. The first-order valence-corrected chi connectivity index (χ1v) is 12.7. The lowest BCUT2D eigenvalue weighted by Gasteiger charge is -2.43. The second kappa shape index (κ2) is 10.6. The van der Waals surface area contributed by atoms with E-state index in [1.165, 1.54) is 10.6 Å². The van der Waals surface area contributed by atoms with E-state index in [1.807, 2.05) is 6.92 Å². The molecular formula is C17H34ClFN6O3S. The summed E-state index contributed by atoms with van der Waals surface area (Å²) in [6.45, 7) is 3.51. The van der Waals surface area contributed by atoms with Crippen LogP contribution in [0.25, 0.3) is 0 Å². The van der Waals surface area contributed by atoms with Crippen LogP contribution in [0, 0.1) is 0 Å². The average Bonchev–Trinajstić information content (AvgIpc) is 2.65. The monoisotopic (exact) mass is 456 g/mol. The number of piperidine rings is 1. The molecule has 1 aliphatic carbocycles. The van der Waals surface area contributed by atoms with E-state index in [4.69, 9.17) is 16.3 Å². The SMILES string of the molecule is CCOC1NC(NC2CCN([S+](C)(=O)[O-])CC2)NC(NC2CCC(F)C(Cl)C2)N1. The molecule has 0 aromatic rings. The van der Waals surface area contributed by atoms with Crippen molar-refractivity contribution in [3.63, 3.8) is 0 Å². The van der Waals surface area contributed by atoms with Crippen LogP contribution in [0.1, 0.15) is 39.0 Å². The number of ether oxygens (including phenoxy) is 1. The van der Waals surface area contributed by atoms with Crippen LogP contribution in [-0.4, -0.2) is 77.4 Å². The van der Waals surface area contributed by atoms with Crippen LogP contribution in [0.5, 0.6) is 0 Å². The van der Waals surface area contributed by atoms with Gasteiger partial charge in [-0.2, -0.15) is 0 Å². The molecule has 7 unspecified atom stereocenters. The highest BCUT2D eigenvalue weighted by Gasteiger charge is 2.35. The fourth-order valence-electron chi connectivity index (χ4n) is 4.12.